The number of nitrogens with zero attached hydrogens (tertiary/aromatic N) is 2. The van der Waals surface area contributed by atoms with Gasteiger partial charge in [0.15, 0.2) is 5.71 Å². The fourth-order valence-electron chi connectivity index (χ4n) is 3.73. The zero-order valence-corrected chi connectivity index (χ0v) is 20.3. The fourth-order valence-corrected chi connectivity index (χ4v) is 5.06. The number of esters is 1. The minimum Gasteiger partial charge on any atom is -0.477 e. The van der Waals surface area contributed by atoms with Crippen molar-refractivity contribution >= 4 is 47.2 Å². The summed E-state index contributed by atoms with van der Waals surface area (Å²) in [5, 5.41) is 15.3. The Morgan fingerprint density at radius 2 is 1.68 bits per heavy atom. The van der Waals surface area contributed by atoms with Crippen LogP contribution in [0.25, 0.3) is 0 Å². The smallest absolute Gasteiger partial charge is 0.365 e. The number of hydrogen-bond donors (Lipinski definition) is 2. The topological polar surface area (TPSA) is 152 Å². The van der Waals surface area contributed by atoms with Crippen LogP contribution in [0, 0.1) is 0 Å². The van der Waals surface area contributed by atoms with Gasteiger partial charge in [0.05, 0.1) is 5.56 Å². The van der Waals surface area contributed by atoms with Crippen molar-refractivity contribution in [3.8, 4) is 0 Å². The number of nitrogens with one attached hydrogen (secondary N) is 1. The number of carbonyl (C=O) groups excluding carboxylic acids is 4. The van der Waals surface area contributed by atoms with Gasteiger partial charge in [-0.15, -0.1) is 11.8 Å². The van der Waals surface area contributed by atoms with Gasteiger partial charge in [-0.05, 0) is 12.1 Å². The average Bonchev–Trinajstić information content (AvgIpc) is 2.90. The predicted octanol–water partition coefficient (Wildman–Crippen LogP) is 1.55. The van der Waals surface area contributed by atoms with Crippen LogP contribution in [0.1, 0.15) is 22.8 Å². The molecule has 4 rings (SSSR count). The minimum absolute atomic E-state index is 0.185. The van der Waals surface area contributed by atoms with Crippen LogP contribution >= 0.6 is 11.8 Å². The summed E-state index contributed by atoms with van der Waals surface area (Å²) >= 11 is 1.22. The summed E-state index contributed by atoms with van der Waals surface area (Å²) in [6, 6.07) is 15.3. The molecule has 0 spiro atoms. The van der Waals surface area contributed by atoms with Crippen LogP contribution in [-0.2, 0) is 28.8 Å². The van der Waals surface area contributed by atoms with Gasteiger partial charge in [-0.2, -0.15) is 0 Å². The highest BCUT2D eigenvalue weighted by Crippen LogP contribution is 2.40. The van der Waals surface area contributed by atoms with E-state index in [9.17, 15) is 29.1 Å². The molecular weight excluding hydrogens is 502 g/mol. The average molecular weight is 524 g/mol. The summed E-state index contributed by atoms with van der Waals surface area (Å²) < 4.78 is 4.92. The molecule has 2 aromatic rings. The number of benzene rings is 2. The van der Waals surface area contributed by atoms with Gasteiger partial charge in [0.2, 0.25) is 0 Å². The van der Waals surface area contributed by atoms with Crippen molar-refractivity contribution in [1.82, 2.24) is 10.2 Å². The second-order valence-electron chi connectivity index (χ2n) is 7.95. The highest BCUT2D eigenvalue weighted by Gasteiger charge is 2.54. The van der Waals surface area contributed by atoms with Gasteiger partial charge in [-0.3, -0.25) is 19.3 Å². The molecule has 1 fully saturated rings. The van der Waals surface area contributed by atoms with Crippen molar-refractivity contribution in [1.29, 1.82) is 0 Å². The van der Waals surface area contributed by atoms with Crippen molar-refractivity contribution in [3.63, 3.8) is 0 Å². The standard InChI is InChI=1S/C25H21N3O8S/c1-14(29)35-12-17-13-37-23-19(22(31)28(23)20(17)24(32)33)26-21(30)18(15-8-4-2-5-9-15)27-36-25(34)16-10-6-3-7-11-16/h2-11,19,23H,12-13H2,1H3,(H,26,30)(H,32,33)/t19-,23-/m1/s1. The van der Waals surface area contributed by atoms with E-state index in [-0.39, 0.29) is 34.9 Å². The van der Waals surface area contributed by atoms with Gasteiger partial charge in [-0.25, -0.2) is 9.59 Å². The van der Waals surface area contributed by atoms with Crippen LogP contribution in [0.2, 0.25) is 0 Å². The predicted molar refractivity (Wildman–Crippen MR) is 131 cm³/mol. The van der Waals surface area contributed by atoms with E-state index < -0.39 is 41.1 Å². The van der Waals surface area contributed by atoms with Crippen LogP contribution in [0.3, 0.4) is 0 Å². The number of hydrogen-bond acceptors (Lipinski definition) is 9. The highest BCUT2D eigenvalue weighted by atomic mass is 32.2. The number of carboxylic acid groups (broad SMARTS) is 1. The Balaban J connectivity index is 1.53. The summed E-state index contributed by atoms with van der Waals surface area (Å²) in [5.74, 6) is -3.93. The molecule has 0 unspecified atom stereocenters. The first-order valence-corrected chi connectivity index (χ1v) is 12.1. The molecule has 12 heteroatoms. The zero-order chi connectivity index (χ0) is 26.5. The summed E-state index contributed by atoms with van der Waals surface area (Å²) in [6.45, 7) is 0.943. The van der Waals surface area contributed by atoms with Gasteiger partial charge in [0.25, 0.3) is 11.8 Å². The number of amides is 2. The normalized spacial score (nSPS) is 18.9. The number of rotatable bonds is 8. The molecule has 0 aromatic heterocycles. The van der Waals surface area contributed by atoms with Crippen LogP contribution in [-0.4, -0.2) is 69.2 Å². The number of thioether (sulfide) groups is 1. The highest BCUT2D eigenvalue weighted by molar-refractivity contribution is 8.00. The van der Waals surface area contributed by atoms with E-state index in [2.05, 4.69) is 10.5 Å². The third-order valence-electron chi connectivity index (χ3n) is 5.48. The maximum atomic E-state index is 13.2. The molecular formula is C25H21N3O8S. The molecule has 2 heterocycles. The first-order valence-electron chi connectivity index (χ1n) is 11.0. The number of fused-ring (bicyclic) bond motifs is 1. The molecule has 1 saturated heterocycles. The Hall–Kier alpha value is -4.45. The van der Waals surface area contributed by atoms with Crippen molar-refractivity contribution in [3.05, 3.63) is 83.1 Å². The molecule has 2 aromatic carbocycles. The minimum atomic E-state index is -1.34. The van der Waals surface area contributed by atoms with E-state index in [1.165, 1.54) is 30.8 Å². The number of oxime groups is 1. The zero-order valence-electron chi connectivity index (χ0n) is 19.5. The van der Waals surface area contributed by atoms with E-state index in [4.69, 9.17) is 9.57 Å². The van der Waals surface area contributed by atoms with Crippen LogP contribution in [0.15, 0.2) is 77.1 Å². The van der Waals surface area contributed by atoms with Crippen molar-refractivity contribution in [2.24, 2.45) is 5.16 Å². The lowest BCUT2D eigenvalue weighted by Crippen LogP contribution is -2.71. The first kappa shape index (κ1) is 25.6. The molecule has 37 heavy (non-hydrogen) atoms. The second kappa shape index (κ2) is 11.1. The molecule has 2 N–H and O–H groups in total. The summed E-state index contributed by atoms with van der Waals surface area (Å²) in [5.41, 5.74) is 0.354. The molecule has 190 valence electrons. The summed E-state index contributed by atoms with van der Waals surface area (Å²) in [6.07, 6.45) is 0. The second-order valence-corrected chi connectivity index (χ2v) is 9.05. The van der Waals surface area contributed by atoms with E-state index in [0.717, 1.165) is 4.90 Å². The number of carboxylic acids is 1. The third-order valence-corrected chi connectivity index (χ3v) is 6.82. The largest absolute Gasteiger partial charge is 0.477 e. The number of β-lactam (4-membered cyclic amide) rings is 1. The Morgan fingerprint density at radius 1 is 1.05 bits per heavy atom. The van der Waals surface area contributed by atoms with E-state index in [1.807, 2.05) is 0 Å². The van der Waals surface area contributed by atoms with Crippen LogP contribution < -0.4 is 5.32 Å². The van der Waals surface area contributed by atoms with Gasteiger partial charge >= 0.3 is 17.9 Å². The molecule has 0 saturated carbocycles. The molecule has 0 bridgehead atoms. The molecule has 2 aliphatic heterocycles. The number of aliphatic carboxylic acids is 1. The molecule has 0 aliphatic carbocycles. The van der Waals surface area contributed by atoms with E-state index in [1.54, 1.807) is 48.5 Å². The van der Waals surface area contributed by atoms with Crippen LogP contribution in [0.5, 0.6) is 0 Å². The van der Waals surface area contributed by atoms with Gasteiger partial charge in [-0.1, -0.05) is 53.7 Å². The Bertz CT molecular complexity index is 1310. The van der Waals surface area contributed by atoms with Gasteiger partial charge < -0.3 is 20.0 Å². The Kier molecular flexibility index (Phi) is 7.68. The Morgan fingerprint density at radius 3 is 2.27 bits per heavy atom. The lowest BCUT2D eigenvalue weighted by atomic mass is 10.0. The van der Waals surface area contributed by atoms with Crippen molar-refractivity contribution in [2.75, 3.05) is 12.4 Å². The maximum Gasteiger partial charge on any atom is 0.365 e. The first-order chi connectivity index (χ1) is 17.8. The molecule has 0 radical (unpaired) electrons. The fraction of sp³-hybridized carbons (Fsp3) is 0.200. The van der Waals surface area contributed by atoms with Crippen LogP contribution in [0.4, 0.5) is 0 Å². The maximum absolute atomic E-state index is 13.2. The van der Waals surface area contributed by atoms with Gasteiger partial charge in [0.1, 0.15) is 23.7 Å². The number of ether oxygens (including phenoxy) is 1. The monoisotopic (exact) mass is 523 g/mol. The molecule has 2 aliphatic rings. The molecule has 2 amide bonds. The third kappa shape index (κ3) is 5.54. The Labute approximate surface area is 215 Å². The van der Waals surface area contributed by atoms with Gasteiger partial charge in [0, 0.05) is 23.8 Å². The molecule has 11 nitrogen and oxygen atoms in total. The molecule has 2 atom stereocenters. The summed E-state index contributed by atoms with van der Waals surface area (Å²) in [7, 11) is 0. The van der Waals surface area contributed by atoms with E-state index in [0.29, 0.717) is 5.56 Å². The quantitative estimate of drug-likeness (QED) is 0.173. The summed E-state index contributed by atoms with van der Waals surface area (Å²) in [4.78, 5) is 67.5. The lowest BCUT2D eigenvalue weighted by molar-refractivity contribution is -0.150. The van der Waals surface area contributed by atoms with Crippen molar-refractivity contribution < 1.29 is 38.7 Å². The SMILES string of the molecule is CC(=O)OCC1=C(C(=O)O)N2C(=O)[C@@H](NC(=O)C(=NOC(=O)c3ccccc3)c3ccccc3)[C@H]2SC1. The number of carbonyl (C=O) groups is 5. The van der Waals surface area contributed by atoms with Crippen molar-refractivity contribution in [2.45, 2.75) is 18.3 Å². The van der Waals surface area contributed by atoms with E-state index >= 15 is 0 Å². The lowest BCUT2D eigenvalue weighted by Gasteiger charge is -2.49.